The molecule has 2 heterocycles. The van der Waals surface area contributed by atoms with Crippen LogP contribution in [0.4, 0.5) is 5.69 Å². The van der Waals surface area contributed by atoms with Crippen molar-refractivity contribution in [1.82, 2.24) is 9.38 Å². The number of rotatable bonds is 2. The highest BCUT2D eigenvalue weighted by Gasteiger charge is 2.28. The van der Waals surface area contributed by atoms with Crippen LogP contribution in [0.5, 0.6) is 0 Å². The van der Waals surface area contributed by atoms with Crippen LogP contribution in [0, 0.1) is 12.8 Å². The van der Waals surface area contributed by atoms with E-state index in [0.717, 1.165) is 29.9 Å². The summed E-state index contributed by atoms with van der Waals surface area (Å²) >= 11 is 6.14. The second-order valence-electron chi connectivity index (χ2n) is 6.35. The minimum absolute atomic E-state index is 0.0244. The van der Waals surface area contributed by atoms with Gasteiger partial charge in [0.15, 0.2) is 0 Å². The fourth-order valence-electron chi connectivity index (χ4n) is 3.33. The largest absolute Gasteiger partial charge is 0.325 e. The third kappa shape index (κ3) is 2.67. The van der Waals surface area contributed by atoms with Gasteiger partial charge in [-0.15, -0.1) is 0 Å². The van der Waals surface area contributed by atoms with Gasteiger partial charge in [0, 0.05) is 24.2 Å². The lowest BCUT2D eigenvalue weighted by atomic mass is 9.89. The number of fused-ring (bicyclic) bond motifs is 3. The van der Waals surface area contributed by atoms with E-state index in [1.807, 2.05) is 24.3 Å². The molecule has 1 N–H and O–H groups in total. The number of carbonyl (C=O) groups excluding carboxylic acids is 1. The first-order chi connectivity index (χ1) is 11.6. The van der Waals surface area contributed by atoms with Crippen LogP contribution < -0.4 is 5.32 Å². The monoisotopic (exact) mass is 339 g/mol. The number of nitrogens with zero attached hydrogens (tertiary/aromatic N) is 2. The van der Waals surface area contributed by atoms with Gasteiger partial charge in [0.1, 0.15) is 5.65 Å². The van der Waals surface area contributed by atoms with Gasteiger partial charge < -0.3 is 9.72 Å². The summed E-state index contributed by atoms with van der Waals surface area (Å²) in [6, 6.07) is 11.4. The Morgan fingerprint density at radius 2 is 2.12 bits per heavy atom. The smallest absolute Gasteiger partial charge is 0.227 e. The molecule has 1 aliphatic carbocycles. The second-order valence-corrected chi connectivity index (χ2v) is 6.76. The van der Waals surface area contributed by atoms with E-state index in [9.17, 15) is 4.79 Å². The van der Waals surface area contributed by atoms with Gasteiger partial charge in [-0.3, -0.25) is 4.79 Å². The van der Waals surface area contributed by atoms with Gasteiger partial charge in [0.05, 0.1) is 16.4 Å². The summed E-state index contributed by atoms with van der Waals surface area (Å²) < 4.78 is 2.12. The summed E-state index contributed by atoms with van der Waals surface area (Å²) in [6.45, 7) is 2.07. The van der Waals surface area contributed by atoms with E-state index >= 15 is 0 Å². The van der Waals surface area contributed by atoms with Gasteiger partial charge in [-0.05, 0) is 43.5 Å². The van der Waals surface area contributed by atoms with Crippen molar-refractivity contribution in [3.05, 3.63) is 64.6 Å². The molecule has 4 nitrogen and oxygen atoms in total. The van der Waals surface area contributed by atoms with Crippen LogP contribution in [0.3, 0.4) is 0 Å². The molecule has 1 atom stereocenters. The molecule has 1 unspecified atom stereocenters. The topological polar surface area (TPSA) is 46.4 Å². The van der Waals surface area contributed by atoms with E-state index in [1.165, 1.54) is 5.56 Å². The molecule has 5 heteroatoms. The number of amides is 1. The van der Waals surface area contributed by atoms with Gasteiger partial charge in [0.25, 0.3) is 0 Å². The number of nitrogens with one attached hydrogen (secondary N) is 1. The van der Waals surface area contributed by atoms with Crippen LogP contribution >= 0.6 is 11.6 Å². The number of hydrogen-bond acceptors (Lipinski definition) is 2. The summed E-state index contributed by atoms with van der Waals surface area (Å²) in [6.07, 6.45) is 4.44. The third-order valence-corrected chi connectivity index (χ3v) is 4.95. The van der Waals surface area contributed by atoms with Crippen molar-refractivity contribution < 1.29 is 4.79 Å². The number of para-hydroxylation sites is 1. The molecule has 0 radical (unpaired) electrons. The minimum Gasteiger partial charge on any atom is -0.325 e. The maximum Gasteiger partial charge on any atom is 0.227 e. The minimum atomic E-state index is -0.0609. The molecule has 0 spiro atoms. The summed E-state index contributed by atoms with van der Waals surface area (Å²) in [7, 11) is 0. The van der Waals surface area contributed by atoms with E-state index in [4.69, 9.17) is 16.6 Å². The summed E-state index contributed by atoms with van der Waals surface area (Å²) in [5.41, 5.74) is 5.08. The number of imidazole rings is 1. The van der Waals surface area contributed by atoms with Crippen molar-refractivity contribution in [2.75, 3.05) is 5.32 Å². The van der Waals surface area contributed by atoms with Crippen LogP contribution in [0.15, 0.2) is 42.6 Å². The van der Waals surface area contributed by atoms with Crippen LogP contribution in [0.25, 0.3) is 5.65 Å². The third-order valence-electron chi connectivity index (χ3n) is 4.62. The van der Waals surface area contributed by atoms with Crippen molar-refractivity contribution in [1.29, 1.82) is 0 Å². The van der Waals surface area contributed by atoms with Crippen molar-refractivity contribution in [2.24, 2.45) is 5.92 Å². The summed E-state index contributed by atoms with van der Waals surface area (Å²) in [5, 5.41) is 3.52. The van der Waals surface area contributed by atoms with E-state index in [2.05, 4.69) is 28.9 Å². The van der Waals surface area contributed by atoms with Crippen molar-refractivity contribution in [2.45, 2.75) is 26.2 Å². The van der Waals surface area contributed by atoms with Gasteiger partial charge in [-0.2, -0.15) is 0 Å². The van der Waals surface area contributed by atoms with E-state index in [-0.39, 0.29) is 11.8 Å². The normalized spacial score (nSPS) is 16.8. The van der Waals surface area contributed by atoms with Crippen molar-refractivity contribution >= 4 is 28.8 Å². The maximum absolute atomic E-state index is 12.7. The number of carbonyl (C=O) groups is 1. The number of anilines is 1. The number of aromatic nitrogens is 2. The zero-order chi connectivity index (χ0) is 16.7. The van der Waals surface area contributed by atoms with Gasteiger partial charge in [-0.25, -0.2) is 4.98 Å². The molecule has 2 aromatic heterocycles. The first-order valence-electron chi connectivity index (χ1n) is 8.13. The standard InChI is InChI=1S/C19H18ClN3O/c1-12-6-9-18-21-16-8-7-13(10-17(16)23(18)11-12)19(24)22-15-5-3-2-4-14(15)20/h2-6,9,11,13H,7-8,10H2,1H3,(H,22,24). The Morgan fingerprint density at radius 1 is 1.29 bits per heavy atom. The zero-order valence-electron chi connectivity index (χ0n) is 13.4. The summed E-state index contributed by atoms with van der Waals surface area (Å²) in [5.74, 6) is -0.0365. The SMILES string of the molecule is Cc1ccc2nc3c(n2c1)CC(C(=O)Nc1ccccc1Cl)CC3. The molecule has 1 amide bonds. The Bertz CT molecular complexity index is 932. The lowest BCUT2D eigenvalue weighted by molar-refractivity contribution is -0.120. The molecule has 4 rings (SSSR count). The van der Waals surface area contributed by atoms with Crippen LogP contribution in [-0.2, 0) is 17.6 Å². The molecule has 0 saturated heterocycles. The van der Waals surface area contributed by atoms with Crippen molar-refractivity contribution in [3.63, 3.8) is 0 Å². The number of benzene rings is 1. The lowest BCUT2D eigenvalue weighted by Gasteiger charge is -2.21. The lowest BCUT2D eigenvalue weighted by Crippen LogP contribution is -2.28. The second kappa shape index (κ2) is 5.95. The molecule has 3 aromatic rings. The molecule has 1 aromatic carbocycles. The van der Waals surface area contributed by atoms with E-state index < -0.39 is 0 Å². The molecule has 0 fully saturated rings. The number of pyridine rings is 1. The fraction of sp³-hybridized carbons (Fsp3) is 0.263. The van der Waals surface area contributed by atoms with Gasteiger partial charge in [0.2, 0.25) is 5.91 Å². The fourth-order valence-corrected chi connectivity index (χ4v) is 3.52. The Balaban J connectivity index is 1.59. The Morgan fingerprint density at radius 3 is 2.96 bits per heavy atom. The maximum atomic E-state index is 12.7. The Hall–Kier alpha value is -2.33. The predicted molar refractivity (Wildman–Crippen MR) is 95.5 cm³/mol. The van der Waals surface area contributed by atoms with Gasteiger partial charge in [-0.1, -0.05) is 29.8 Å². The molecule has 0 aliphatic heterocycles. The van der Waals surface area contributed by atoms with Crippen LogP contribution in [0.2, 0.25) is 5.02 Å². The first kappa shape index (κ1) is 15.2. The zero-order valence-corrected chi connectivity index (χ0v) is 14.2. The molecule has 122 valence electrons. The highest BCUT2D eigenvalue weighted by Crippen LogP contribution is 2.28. The molecule has 0 saturated carbocycles. The van der Waals surface area contributed by atoms with Gasteiger partial charge >= 0.3 is 0 Å². The quantitative estimate of drug-likeness (QED) is 0.766. The van der Waals surface area contributed by atoms with E-state index in [1.54, 1.807) is 6.07 Å². The molecule has 0 bridgehead atoms. The Labute approximate surface area is 145 Å². The van der Waals surface area contributed by atoms with E-state index in [0.29, 0.717) is 17.1 Å². The highest BCUT2D eigenvalue weighted by molar-refractivity contribution is 6.33. The highest BCUT2D eigenvalue weighted by atomic mass is 35.5. The average Bonchev–Trinajstić information content (AvgIpc) is 2.94. The molecular formula is C19H18ClN3O. The molecule has 1 aliphatic rings. The van der Waals surface area contributed by atoms with Crippen LogP contribution in [-0.4, -0.2) is 15.3 Å². The van der Waals surface area contributed by atoms with Crippen molar-refractivity contribution in [3.8, 4) is 0 Å². The number of aryl methyl sites for hydroxylation is 2. The average molecular weight is 340 g/mol. The summed E-state index contributed by atoms with van der Waals surface area (Å²) in [4.78, 5) is 17.4. The Kier molecular flexibility index (Phi) is 3.77. The molecular weight excluding hydrogens is 322 g/mol. The number of halogens is 1. The predicted octanol–water partition coefficient (Wildman–Crippen LogP) is 4.04. The molecule has 24 heavy (non-hydrogen) atoms. The van der Waals surface area contributed by atoms with Crippen LogP contribution in [0.1, 0.15) is 23.4 Å². The first-order valence-corrected chi connectivity index (χ1v) is 8.51. The number of hydrogen-bond donors (Lipinski definition) is 1.